The van der Waals surface area contributed by atoms with Crippen LogP contribution in [0.3, 0.4) is 0 Å². The Kier molecular flexibility index (Phi) is 6.44. The molecule has 8 nitrogen and oxygen atoms in total. The molecule has 1 saturated carbocycles. The molecule has 0 aliphatic heterocycles. The second-order valence-electron chi connectivity index (χ2n) is 8.57. The van der Waals surface area contributed by atoms with Gasteiger partial charge in [0.05, 0.1) is 0 Å². The van der Waals surface area contributed by atoms with E-state index in [9.17, 15) is 14.4 Å². The van der Waals surface area contributed by atoms with Gasteiger partial charge in [0.25, 0.3) is 5.91 Å². The van der Waals surface area contributed by atoms with Crippen molar-refractivity contribution in [2.75, 3.05) is 7.05 Å². The first kappa shape index (κ1) is 22.5. The van der Waals surface area contributed by atoms with Crippen LogP contribution in [-0.2, 0) is 9.59 Å². The second-order valence-corrected chi connectivity index (χ2v) is 8.57. The molecule has 1 aliphatic rings. The van der Waals surface area contributed by atoms with Gasteiger partial charge >= 0.3 is 0 Å². The summed E-state index contributed by atoms with van der Waals surface area (Å²) in [7, 11) is 1.80. The molecule has 3 atom stereocenters. The summed E-state index contributed by atoms with van der Waals surface area (Å²) in [4.78, 5) is 42.7. The normalized spacial score (nSPS) is 18.6. The number of hydrogen-bond acceptors (Lipinski definition) is 5. The molecule has 1 aliphatic carbocycles. The second kappa shape index (κ2) is 9.44. The number of carbonyl (C=O) groups excluding carboxylic acids is 3. The van der Waals surface area contributed by atoms with Crippen molar-refractivity contribution in [3.8, 4) is 11.5 Å². The lowest BCUT2D eigenvalue weighted by atomic mass is 10.1. The summed E-state index contributed by atoms with van der Waals surface area (Å²) < 4.78 is 5.80. The molecule has 2 N–H and O–H groups in total. The maximum Gasteiger partial charge on any atom is 0.253 e. The van der Waals surface area contributed by atoms with Crippen molar-refractivity contribution in [1.82, 2.24) is 20.5 Å². The maximum atomic E-state index is 13.0. The number of nitrogens with one attached hydrogen (secondary N) is 2. The first-order valence-corrected chi connectivity index (χ1v) is 11.1. The monoisotopic (exact) mass is 448 g/mol. The Labute approximate surface area is 192 Å². The van der Waals surface area contributed by atoms with Crippen molar-refractivity contribution >= 4 is 28.8 Å². The highest BCUT2D eigenvalue weighted by Crippen LogP contribution is 2.27. The van der Waals surface area contributed by atoms with E-state index in [-0.39, 0.29) is 29.8 Å². The molecule has 1 unspecified atom stereocenters. The molecule has 3 amide bonds. The molecular weight excluding hydrogens is 420 g/mol. The van der Waals surface area contributed by atoms with E-state index in [1.165, 1.54) is 6.92 Å². The largest absolute Gasteiger partial charge is 0.436 e. The van der Waals surface area contributed by atoms with Crippen molar-refractivity contribution in [2.45, 2.75) is 51.2 Å². The van der Waals surface area contributed by atoms with E-state index < -0.39 is 6.04 Å². The van der Waals surface area contributed by atoms with Crippen LogP contribution in [0.25, 0.3) is 22.6 Å². The number of para-hydroxylation sites is 2. The molecule has 3 aromatic rings. The summed E-state index contributed by atoms with van der Waals surface area (Å²) >= 11 is 0. The van der Waals surface area contributed by atoms with Crippen molar-refractivity contribution in [3.63, 3.8) is 0 Å². The van der Waals surface area contributed by atoms with E-state index in [1.807, 2.05) is 36.4 Å². The Hall–Kier alpha value is -3.68. The highest BCUT2D eigenvalue weighted by molar-refractivity contribution is 5.94. The van der Waals surface area contributed by atoms with Gasteiger partial charge in [-0.05, 0) is 62.6 Å². The number of carbonyl (C=O) groups is 3. The van der Waals surface area contributed by atoms with Crippen LogP contribution in [-0.4, -0.2) is 52.8 Å². The minimum Gasteiger partial charge on any atom is -0.436 e. The zero-order valence-electron chi connectivity index (χ0n) is 19.0. The Morgan fingerprint density at radius 2 is 1.82 bits per heavy atom. The molecule has 1 heterocycles. The topological polar surface area (TPSA) is 105 Å². The van der Waals surface area contributed by atoms with Crippen molar-refractivity contribution in [3.05, 3.63) is 54.1 Å². The third kappa shape index (κ3) is 5.05. The van der Waals surface area contributed by atoms with Gasteiger partial charge < -0.3 is 20.0 Å². The van der Waals surface area contributed by atoms with Gasteiger partial charge in [-0.15, -0.1) is 0 Å². The van der Waals surface area contributed by atoms with Crippen LogP contribution in [0.2, 0.25) is 0 Å². The van der Waals surface area contributed by atoms with Crippen molar-refractivity contribution < 1.29 is 18.8 Å². The summed E-state index contributed by atoms with van der Waals surface area (Å²) in [6.07, 6.45) is 2.28. The Balaban J connectivity index is 1.36. The molecule has 172 valence electrons. The van der Waals surface area contributed by atoms with Gasteiger partial charge in [0.1, 0.15) is 11.6 Å². The zero-order valence-corrected chi connectivity index (χ0v) is 19.0. The molecule has 8 heteroatoms. The van der Waals surface area contributed by atoms with Gasteiger partial charge in [0, 0.05) is 37.2 Å². The third-order valence-electron chi connectivity index (χ3n) is 6.11. The van der Waals surface area contributed by atoms with Crippen LogP contribution in [0.15, 0.2) is 52.9 Å². The van der Waals surface area contributed by atoms with Gasteiger partial charge in [0.15, 0.2) is 5.58 Å². The van der Waals surface area contributed by atoms with Gasteiger partial charge in [-0.2, -0.15) is 0 Å². The highest BCUT2D eigenvalue weighted by atomic mass is 16.3. The molecule has 33 heavy (non-hydrogen) atoms. The average Bonchev–Trinajstić information content (AvgIpc) is 3.45. The van der Waals surface area contributed by atoms with Crippen molar-refractivity contribution in [2.24, 2.45) is 0 Å². The Morgan fingerprint density at radius 3 is 2.52 bits per heavy atom. The van der Waals surface area contributed by atoms with E-state index >= 15 is 0 Å². The van der Waals surface area contributed by atoms with Gasteiger partial charge in [-0.3, -0.25) is 14.4 Å². The smallest absolute Gasteiger partial charge is 0.253 e. The van der Waals surface area contributed by atoms with E-state index in [1.54, 1.807) is 31.0 Å². The minimum atomic E-state index is -0.583. The van der Waals surface area contributed by atoms with Crippen molar-refractivity contribution in [1.29, 1.82) is 0 Å². The lowest BCUT2D eigenvalue weighted by Gasteiger charge is -2.25. The standard InChI is InChI=1S/C25H28N4O4/c1-15(26-16(2)30)23(31)27-19-12-13-20(14-19)29(3)25(32)18-10-8-17(9-11-18)24-28-21-6-4-5-7-22(21)33-24/h4-11,15,19-20H,12-14H2,1-3H3,(H,26,30)(H,27,31)/t15-,19?,20+/m1/s1. The summed E-state index contributed by atoms with van der Waals surface area (Å²) in [5.74, 6) is 0.00291. The van der Waals surface area contributed by atoms with Crippen LogP contribution in [0.1, 0.15) is 43.5 Å². The number of aromatic nitrogens is 1. The number of benzene rings is 2. The van der Waals surface area contributed by atoms with Crippen LogP contribution < -0.4 is 10.6 Å². The predicted molar refractivity (Wildman–Crippen MR) is 124 cm³/mol. The van der Waals surface area contributed by atoms with Crippen LogP contribution >= 0.6 is 0 Å². The fourth-order valence-electron chi connectivity index (χ4n) is 4.26. The van der Waals surface area contributed by atoms with Gasteiger partial charge in [-0.1, -0.05) is 12.1 Å². The third-order valence-corrected chi connectivity index (χ3v) is 6.11. The summed E-state index contributed by atoms with van der Waals surface area (Å²) in [6.45, 7) is 3.04. The fraction of sp³-hybridized carbons (Fsp3) is 0.360. The summed E-state index contributed by atoms with van der Waals surface area (Å²) in [6, 6.07) is 14.3. The number of amides is 3. The number of nitrogens with zero attached hydrogens (tertiary/aromatic N) is 2. The molecule has 4 rings (SSSR count). The van der Waals surface area contributed by atoms with Crippen LogP contribution in [0.4, 0.5) is 0 Å². The molecule has 1 aromatic heterocycles. The van der Waals surface area contributed by atoms with Crippen LogP contribution in [0.5, 0.6) is 0 Å². The molecule has 0 saturated heterocycles. The lowest BCUT2D eigenvalue weighted by molar-refractivity contribution is -0.128. The summed E-state index contributed by atoms with van der Waals surface area (Å²) in [5, 5.41) is 5.56. The molecular formula is C25H28N4O4. The Morgan fingerprint density at radius 1 is 1.09 bits per heavy atom. The minimum absolute atomic E-state index is 0.0181. The van der Waals surface area contributed by atoms with E-state index in [2.05, 4.69) is 15.6 Å². The summed E-state index contributed by atoms with van der Waals surface area (Å²) in [5.41, 5.74) is 2.91. The molecule has 2 aromatic carbocycles. The molecule has 1 fully saturated rings. The SMILES string of the molecule is CC(=O)N[C@H](C)C(=O)NC1CC[C@H](N(C)C(=O)c2ccc(-c3nc4ccccc4o3)cc2)C1. The number of rotatable bonds is 6. The van der Waals surface area contributed by atoms with Gasteiger partial charge in [-0.25, -0.2) is 4.98 Å². The van der Waals surface area contributed by atoms with Gasteiger partial charge in [0.2, 0.25) is 17.7 Å². The fourth-order valence-corrected chi connectivity index (χ4v) is 4.26. The zero-order chi connectivity index (χ0) is 23.5. The molecule has 0 spiro atoms. The Bertz CT molecular complexity index is 1140. The quantitative estimate of drug-likeness (QED) is 0.603. The average molecular weight is 449 g/mol. The molecule has 0 radical (unpaired) electrons. The number of hydrogen-bond donors (Lipinski definition) is 2. The predicted octanol–water partition coefficient (Wildman–Crippen LogP) is 3.13. The number of fused-ring (bicyclic) bond motifs is 1. The van der Waals surface area contributed by atoms with E-state index in [4.69, 9.17) is 4.42 Å². The number of oxazole rings is 1. The van der Waals surface area contributed by atoms with E-state index in [0.29, 0.717) is 17.9 Å². The molecule has 0 bridgehead atoms. The van der Waals surface area contributed by atoms with Crippen LogP contribution in [0, 0.1) is 0 Å². The van der Waals surface area contributed by atoms with E-state index in [0.717, 1.165) is 29.5 Å². The first-order chi connectivity index (χ1) is 15.8. The maximum absolute atomic E-state index is 13.0. The first-order valence-electron chi connectivity index (χ1n) is 11.1. The highest BCUT2D eigenvalue weighted by Gasteiger charge is 2.32. The lowest BCUT2D eigenvalue weighted by Crippen LogP contribution is -2.47.